The van der Waals surface area contributed by atoms with Gasteiger partial charge in [0.05, 0.1) is 0 Å². The second-order valence-electron chi connectivity index (χ2n) is 9.94. The van der Waals surface area contributed by atoms with Crippen LogP contribution in [0.3, 0.4) is 0 Å². The highest BCUT2D eigenvalue weighted by Crippen LogP contribution is 2.35. The Morgan fingerprint density at radius 2 is 1.00 bits per heavy atom. The molecule has 0 amide bonds. The third-order valence-electron chi connectivity index (χ3n) is 8.20. The zero-order valence-electron chi connectivity index (χ0n) is 20.0. The van der Waals surface area contributed by atoms with E-state index in [0.29, 0.717) is 5.92 Å². The lowest BCUT2D eigenvalue weighted by Gasteiger charge is -2.47. The highest BCUT2D eigenvalue weighted by Gasteiger charge is 2.35. The largest absolute Gasteiger partial charge is 0.195 e. The number of hydrogen-bond donors (Lipinski definition) is 0. The summed E-state index contributed by atoms with van der Waals surface area (Å²) >= 11 is 0. The molecule has 1 aliphatic rings. The normalized spacial score (nSPS) is 14.8. The second-order valence-corrected chi connectivity index (χ2v) is 9.94. The molecule has 0 aromatic heterocycles. The third-order valence-corrected chi connectivity index (χ3v) is 8.20. The molecule has 0 atom stereocenters. The van der Waals surface area contributed by atoms with Crippen LogP contribution in [0.5, 0.6) is 0 Å². The summed E-state index contributed by atoms with van der Waals surface area (Å²) in [5.41, 5.74) is 10.2. The highest BCUT2D eigenvalue weighted by atomic mass is 14.3. The van der Waals surface area contributed by atoms with Crippen LogP contribution >= 0.6 is 0 Å². The van der Waals surface area contributed by atoms with Gasteiger partial charge in [-0.3, -0.25) is 0 Å². The van der Waals surface area contributed by atoms with Gasteiger partial charge in [-0.25, -0.2) is 0 Å². The van der Waals surface area contributed by atoms with Crippen LogP contribution in [0.15, 0.2) is 103 Å². The van der Waals surface area contributed by atoms with Gasteiger partial charge in [0.15, 0.2) is 0 Å². The van der Waals surface area contributed by atoms with Crippen molar-refractivity contribution in [2.24, 2.45) is 0 Å². The first-order chi connectivity index (χ1) is 16.2. The Morgan fingerprint density at radius 3 is 1.45 bits per heavy atom. The fourth-order valence-electron chi connectivity index (χ4n) is 6.51. The molecule has 0 radical (unpaired) electrons. The quantitative estimate of drug-likeness (QED) is 0.356. The summed E-state index contributed by atoms with van der Waals surface area (Å²) < 4.78 is 0. The summed E-state index contributed by atoms with van der Waals surface area (Å²) in [6, 6.07) is 38.6. The molecule has 0 N–H and O–H groups in total. The van der Waals surface area contributed by atoms with Crippen LogP contribution in [0.4, 0.5) is 0 Å². The summed E-state index contributed by atoms with van der Waals surface area (Å²) in [6.45, 7) is 4.65. The maximum atomic E-state index is 2.47. The number of aryl methyl sites for hydroxylation is 1. The summed E-state index contributed by atoms with van der Waals surface area (Å²) in [6.07, 6.45) is 5.38. The lowest BCUT2D eigenvalue weighted by Crippen LogP contribution is -2.75. The van der Waals surface area contributed by atoms with E-state index < -0.39 is 6.15 Å². The van der Waals surface area contributed by atoms with E-state index in [0.717, 1.165) is 0 Å². The van der Waals surface area contributed by atoms with Gasteiger partial charge in [-0.05, 0) is 43.7 Å². The molecular weight excluding hydrogens is 395 g/mol. The molecule has 5 rings (SSSR count). The lowest BCUT2D eigenvalue weighted by molar-refractivity contribution is 0.443. The van der Waals surface area contributed by atoms with Crippen molar-refractivity contribution < 1.29 is 0 Å². The Bertz CT molecular complexity index is 1090. The zero-order chi connectivity index (χ0) is 22.7. The van der Waals surface area contributed by atoms with Crippen LogP contribution in [0.25, 0.3) is 0 Å². The molecular formula is C32H34B-. The zero-order valence-corrected chi connectivity index (χ0v) is 20.0. The van der Waals surface area contributed by atoms with Gasteiger partial charge in [0.25, 0.3) is 0 Å². The van der Waals surface area contributed by atoms with Gasteiger partial charge in [-0.2, -0.15) is 21.9 Å². The number of hydrogen-bond acceptors (Lipinski definition) is 0. The fourth-order valence-corrected chi connectivity index (χ4v) is 6.51. The number of benzene rings is 4. The topological polar surface area (TPSA) is 0 Å². The summed E-state index contributed by atoms with van der Waals surface area (Å²) in [5.74, 6) is 0.644. The first kappa shape index (κ1) is 21.8. The van der Waals surface area contributed by atoms with E-state index in [1.165, 1.54) is 65.1 Å². The molecule has 1 heteroatoms. The first-order valence-electron chi connectivity index (χ1n) is 12.7. The van der Waals surface area contributed by atoms with E-state index in [4.69, 9.17) is 0 Å². The molecule has 0 unspecified atom stereocenters. The molecule has 0 nitrogen and oxygen atoms in total. The van der Waals surface area contributed by atoms with E-state index in [2.05, 4.69) is 117 Å². The minimum Gasteiger partial charge on any atom is -0.195 e. The van der Waals surface area contributed by atoms with E-state index in [1.807, 2.05) is 0 Å². The van der Waals surface area contributed by atoms with Gasteiger partial charge in [0.2, 0.25) is 0 Å². The van der Waals surface area contributed by atoms with Crippen LogP contribution in [-0.2, 0) is 0 Å². The van der Waals surface area contributed by atoms with E-state index >= 15 is 0 Å². The first-order valence-corrected chi connectivity index (χ1v) is 12.7. The molecule has 0 aliphatic heterocycles. The Kier molecular flexibility index (Phi) is 6.23. The average molecular weight is 429 g/mol. The van der Waals surface area contributed by atoms with Crippen LogP contribution in [-0.4, -0.2) is 6.15 Å². The Balaban J connectivity index is 1.92. The summed E-state index contributed by atoms with van der Waals surface area (Å²) in [7, 11) is 0. The van der Waals surface area contributed by atoms with E-state index in [1.54, 1.807) is 5.56 Å². The van der Waals surface area contributed by atoms with Gasteiger partial charge in [0.1, 0.15) is 6.15 Å². The van der Waals surface area contributed by atoms with Crippen molar-refractivity contribution in [3.63, 3.8) is 0 Å². The van der Waals surface area contributed by atoms with Crippen molar-refractivity contribution in [3.8, 4) is 0 Å². The van der Waals surface area contributed by atoms with Crippen molar-refractivity contribution in [2.75, 3.05) is 0 Å². The van der Waals surface area contributed by atoms with Gasteiger partial charge < -0.3 is 0 Å². The summed E-state index contributed by atoms with van der Waals surface area (Å²) in [5, 5.41) is 0. The van der Waals surface area contributed by atoms with Crippen LogP contribution in [0.1, 0.15) is 54.7 Å². The molecule has 0 bridgehead atoms. The highest BCUT2D eigenvalue weighted by molar-refractivity contribution is 7.20. The van der Waals surface area contributed by atoms with Gasteiger partial charge in [-0.15, -0.1) is 0 Å². The molecule has 0 spiro atoms. The van der Waals surface area contributed by atoms with E-state index in [-0.39, 0.29) is 0 Å². The maximum Gasteiger partial charge on any atom is 0.108 e. The van der Waals surface area contributed by atoms with Crippen molar-refractivity contribution in [3.05, 3.63) is 120 Å². The Morgan fingerprint density at radius 1 is 0.545 bits per heavy atom. The van der Waals surface area contributed by atoms with Gasteiger partial charge in [0, 0.05) is 0 Å². The Labute approximate surface area is 199 Å². The molecule has 4 aromatic rings. The molecule has 33 heavy (non-hydrogen) atoms. The third kappa shape index (κ3) is 3.84. The van der Waals surface area contributed by atoms with Crippen molar-refractivity contribution in [1.82, 2.24) is 0 Å². The molecule has 0 heterocycles. The van der Waals surface area contributed by atoms with Crippen molar-refractivity contribution in [1.29, 1.82) is 0 Å². The number of rotatable bonds is 5. The molecule has 4 aromatic carbocycles. The average Bonchev–Trinajstić information content (AvgIpc) is 2.89. The van der Waals surface area contributed by atoms with Crippen molar-refractivity contribution >= 4 is 28.0 Å². The maximum absolute atomic E-state index is 2.47. The summed E-state index contributed by atoms with van der Waals surface area (Å²) in [4.78, 5) is 0. The molecule has 1 aliphatic carbocycles. The minimum absolute atomic E-state index is 0.644. The second kappa shape index (κ2) is 9.44. The van der Waals surface area contributed by atoms with Gasteiger partial charge >= 0.3 is 0 Å². The van der Waals surface area contributed by atoms with Gasteiger partial charge in [-0.1, -0.05) is 128 Å². The van der Waals surface area contributed by atoms with Crippen LogP contribution in [0, 0.1) is 13.8 Å². The van der Waals surface area contributed by atoms with Crippen LogP contribution in [0.2, 0.25) is 0 Å². The molecule has 1 fully saturated rings. The predicted octanol–water partition coefficient (Wildman–Crippen LogP) is 5.73. The Hall–Kier alpha value is -3.06. The van der Waals surface area contributed by atoms with Crippen molar-refractivity contribution in [2.45, 2.75) is 51.9 Å². The predicted molar refractivity (Wildman–Crippen MR) is 145 cm³/mol. The van der Waals surface area contributed by atoms with Crippen LogP contribution < -0.4 is 21.9 Å². The monoisotopic (exact) mass is 429 g/mol. The lowest BCUT2D eigenvalue weighted by atomic mass is 9.12. The SMILES string of the molecule is Cc1ccc([B-](c2ccccc2)(c2ccccc2)c2ccccc2)c(C2CCCCC2)c1C. The van der Waals surface area contributed by atoms with E-state index in [9.17, 15) is 0 Å². The minimum atomic E-state index is -1.31. The smallest absolute Gasteiger partial charge is 0.108 e. The standard InChI is InChI=1S/C32H34B/c1-25-23-24-31(32(26(25)2)27-15-7-3-8-16-27)33(28-17-9-4-10-18-28,29-19-11-5-12-20-29)30-21-13-6-14-22-30/h4-6,9-14,17-24,27H,3,7-8,15-16H2,1-2H3/q-1. The molecule has 0 saturated heterocycles. The molecule has 1 saturated carbocycles. The fraction of sp³-hybridized carbons (Fsp3) is 0.250. The molecule has 166 valence electrons.